The second-order valence-electron chi connectivity index (χ2n) is 16.7. The number of nitrogens with zero attached hydrogens (tertiary/aromatic N) is 8. The lowest BCUT2D eigenvalue weighted by Gasteiger charge is -2.41. The van der Waals surface area contributed by atoms with E-state index in [2.05, 4.69) is 30.7 Å². The van der Waals surface area contributed by atoms with E-state index in [9.17, 15) is 29.1 Å². The predicted molar refractivity (Wildman–Crippen MR) is 226 cm³/mol. The predicted octanol–water partition coefficient (Wildman–Crippen LogP) is 4.13. The highest BCUT2D eigenvalue weighted by atomic mass is 35.5. The maximum atomic E-state index is 14.4. The fourth-order valence-corrected chi connectivity index (χ4v) is 8.48. The van der Waals surface area contributed by atoms with Crippen molar-refractivity contribution >= 4 is 69.2 Å². The number of carbonyl (C=O) groups excluding carboxylic acids is 5. The molecule has 4 heterocycles. The fraction of sp³-hybridized carbons (Fsp3) is 0.395. The molecule has 0 radical (unpaired) electrons. The third-order valence-corrected chi connectivity index (χ3v) is 11.6. The lowest BCUT2D eigenvalue weighted by molar-refractivity contribution is -0.149. The van der Waals surface area contributed by atoms with Gasteiger partial charge in [0.2, 0.25) is 11.8 Å². The number of benzene rings is 3. The molecule has 61 heavy (non-hydrogen) atoms. The second-order valence-corrected chi connectivity index (χ2v) is 17.1. The SMILES string of the molecule is CC(C)(C)OC(=O)c1cc2cc(NC(=O)C(Cc3ccc(N4CCN(C5CCC(O)CC5)CC4=O)cc3)N3CCN(c4cc(Cl)ccc4-n4cnnn4)C(=O)C3=O)ccc2[nH]1. The molecule has 3 N–H and O–H groups in total. The molecule has 1 atom stereocenters. The van der Waals surface area contributed by atoms with Crippen LogP contribution < -0.4 is 15.1 Å². The zero-order valence-corrected chi connectivity index (χ0v) is 34.8. The summed E-state index contributed by atoms with van der Waals surface area (Å²) in [6.07, 6.45) is 4.41. The topological polar surface area (TPSA) is 199 Å². The zero-order chi connectivity index (χ0) is 43.0. The molecule has 2 saturated heterocycles. The molecule has 3 aromatic carbocycles. The Morgan fingerprint density at radius 3 is 2.36 bits per heavy atom. The molecule has 0 spiro atoms. The van der Waals surface area contributed by atoms with Gasteiger partial charge in [-0.1, -0.05) is 23.7 Å². The lowest BCUT2D eigenvalue weighted by Crippen LogP contribution is -2.60. The van der Waals surface area contributed by atoms with Crippen LogP contribution in [0, 0.1) is 0 Å². The standard InChI is InChI=1S/C43H47ClN10O7/c1-43(2,3)61-42(60)34-22-27-21-29(7-14-33(27)47-34)46-39(57)37(53-19-18-52(40(58)41(53)59)36-23-28(44)6-15-35(36)54-25-45-48-49-54)20-26-4-8-31(9-5-26)51-17-16-50(24-38(51)56)30-10-12-32(55)13-11-30/h4-9,14-15,21-23,25,30,32,37,47,55H,10-13,16-20,24H2,1-3H3,(H,46,57). The number of aromatic nitrogens is 5. The van der Waals surface area contributed by atoms with E-state index in [1.807, 2.05) is 24.3 Å². The lowest BCUT2D eigenvalue weighted by atomic mass is 9.91. The number of ether oxygens (including phenoxy) is 1. The maximum Gasteiger partial charge on any atom is 0.355 e. The molecular formula is C43H47ClN10O7. The van der Waals surface area contributed by atoms with E-state index in [0.717, 1.165) is 37.9 Å². The number of rotatable bonds is 10. The van der Waals surface area contributed by atoms with Crippen LogP contribution in [-0.4, -0.2) is 126 Å². The molecular weight excluding hydrogens is 804 g/mol. The van der Waals surface area contributed by atoms with E-state index in [1.165, 1.54) is 20.8 Å². The summed E-state index contributed by atoms with van der Waals surface area (Å²) in [5, 5.41) is 25.2. The normalized spacial score (nSPS) is 19.7. The Kier molecular flexibility index (Phi) is 11.6. The van der Waals surface area contributed by atoms with E-state index in [-0.39, 0.29) is 43.3 Å². The van der Waals surface area contributed by atoms with Crippen LogP contribution in [0.3, 0.4) is 0 Å². The number of carbonyl (C=O) groups is 5. The van der Waals surface area contributed by atoms with Crippen LogP contribution in [-0.2, 0) is 30.3 Å². The van der Waals surface area contributed by atoms with E-state index in [0.29, 0.717) is 51.6 Å². The third kappa shape index (κ3) is 9.13. The Balaban J connectivity index is 1.03. The van der Waals surface area contributed by atoms with Gasteiger partial charge in [0.1, 0.15) is 23.7 Å². The first-order valence-corrected chi connectivity index (χ1v) is 20.7. The minimum atomic E-state index is -1.12. The van der Waals surface area contributed by atoms with Crippen molar-refractivity contribution < 1.29 is 33.8 Å². The number of aromatic amines is 1. The number of hydrogen-bond acceptors (Lipinski definition) is 11. The van der Waals surface area contributed by atoms with Crippen molar-refractivity contribution in [3.8, 4) is 5.69 Å². The van der Waals surface area contributed by atoms with Gasteiger partial charge in [-0.15, -0.1) is 5.10 Å². The number of piperazine rings is 2. The third-order valence-electron chi connectivity index (χ3n) is 11.4. The zero-order valence-electron chi connectivity index (χ0n) is 34.1. The summed E-state index contributed by atoms with van der Waals surface area (Å²) in [4.78, 5) is 78.3. The number of esters is 1. The first kappa shape index (κ1) is 41.6. The van der Waals surface area contributed by atoms with Crippen LogP contribution in [0.15, 0.2) is 73.1 Å². The minimum Gasteiger partial charge on any atom is -0.455 e. The Labute approximate surface area is 356 Å². The highest BCUT2D eigenvalue weighted by molar-refractivity contribution is 6.41. The molecule has 3 fully saturated rings. The summed E-state index contributed by atoms with van der Waals surface area (Å²) in [7, 11) is 0. The van der Waals surface area contributed by atoms with Gasteiger partial charge in [-0.3, -0.25) is 24.1 Å². The van der Waals surface area contributed by atoms with Crippen molar-refractivity contribution in [1.29, 1.82) is 0 Å². The Morgan fingerprint density at radius 2 is 1.66 bits per heavy atom. The largest absolute Gasteiger partial charge is 0.455 e. The van der Waals surface area contributed by atoms with E-state index < -0.39 is 35.3 Å². The van der Waals surface area contributed by atoms with Crippen molar-refractivity contribution in [2.24, 2.45) is 0 Å². The molecule has 1 unspecified atom stereocenters. The number of hydrogen-bond donors (Lipinski definition) is 3. The van der Waals surface area contributed by atoms with Crippen molar-refractivity contribution in [3.63, 3.8) is 0 Å². The summed E-state index contributed by atoms with van der Waals surface area (Å²) in [6, 6.07) is 18.1. The molecule has 18 heteroatoms. The molecule has 0 bridgehead atoms. The number of anilines is 3. The summed E-state index contributed by atoms with van der Waals surface area (Å²) in [5.74, 6) is -2.80. The van der Waals surface area contributed by atoms with Gasteiger partial charge in [0.15, 0.2) is 0 Å². The average molecular weight is 851 g/mol. The monoisotopic (exact) mass is 850 g/mol. The Bertz CT molecular complexity index is 2460. The smallest absolute Gasteiger partial charge is 0.355 e. The number of nitrogens with one attached hydrogen (secondary N) is 2. The molecule has 1 saturated carbocycles. The van der Waals surface area contributed by atoms with E-state index >= 15 is 0 Å². The second kappa shape index (κ2) is 17.1. The Morgan fingerprint density at radius 1 is 0.902 bits per heavy atom. The number of aliphatic hydroxyl groups is 1. The molecule has 1 aliphatic carbocycles. The van der Waals surface area contributed by atoms with Crippen molar-refractivity contribution in [2.45, 2.75) is 76.7 Å². The fourth-order valence-electron chi connectivity index (χ4n) is 8.31. The summed E-state index contributed by atoms with van der Waals surface area (Å²) in [6.45, 7) is 6.95. The summed E-state index contributed by atoms with van der Waals surface area (Å²) in [5.41, 5.74) is 2.82. The van der Waals surface area contributed by atoms with Crippen LogP contribution in [0.2, 0.25) is 5.02 Å². The molecule has 2 aromatic heterocycles. The van der Waals surface area contributed by atoms with Crippen molar-refractivity contribution in [1.82, 2.24) is 35.0 Å². The number of tetrazole rings is 1. The maximum absolute atomic E-state index is 14.4. The van der Waals surface area contributed by atoms with Crippen LogP contribution in [0.4, 0.5) is 17.1 Å². The van der Waals surface area contributed by atoms with Crippen LogP contribution in [0.5, 0.6) is 0 Å². The van der Waals surface area contributed by atoms with Crippen molar-refractivity contribution in [2.75, 3.05) is 47.8 Å². The average Bonchev–Trinajstić information content (AvgIpc) is 3.92. The van der Waals surface area contributed by atoms with Crippen LogP contribution in [0.1, 0.15) is 62.5 Å². The van der Waals surface area contributed by atoms with E-state index in [4.69, 9.17) is 16.3 Å². The Hall–Kier alpha value is -6.17. The van der Waals surface area contributed by atoms with Crippen LogP contribution >= 0.6 is 11.6 Å². The van der Waals surface area contributed by atoms with Gasteiger partial charge in [0.05, 0.1) is 24.0 Å². The van der Waals surface area contributed by atoms with Gasteiger partial charge >= 0.3 is 17.8 Å². The van der Waals surface area contributed by atoms with Crippen molar-refractivity contribution in [3.05, 3.63) is 89.3 Å². The number of halogens is 1. The first-order chi connectivity index (χ1) is 29.2. The minimum absolute atomic E-state index is 0.00935. The van der Waals surface area contributed by atoms with Gasteiger partial charge in [-0.25, -0.2) is 4.79 Å². The molecule has 4 amide bonds. The summed E-state index contributed by atoms with van der Waals surface area (Å²) < 4.78 is 6.88. The number of fused-ring (bicyclic) bond motifs is 1. The van der Waals surface area contributed by atoms with Gasteiger partial charge in [0, 0.05) is 65.9 Å². The molecule has 2 aliphatic heterocycles. The van der Waals surface area contributed by atoms with Crippen LogP contribution in [0.25, 0.3) is 16.6 Å². The number of aliphatic hydroxyl groups excluding tert-OH is 1. The van der Waals surface area contributed by atoms with Gasteiger partial charge < -0.3 is 34.8 Å². The quantitative estimate of drug-likeness (QED) is 0.135. The van der Waals surface area contributed by atoms with E-state index in [1.54, 1.807) is 68.1 Å². The number of amides is 4. The molecule has 318 valence electrons. The van der Waals surface area contributed by atoms with Gasteiger partial charge in [-0.2, -0.15) is 4.68 Å². The number of H-pyrrole nitrogens is 1. The molecule has 8 rings (SSSR count). The molecule has 17 nitrogen and oxygen atoms in total. The van der Waals surface area contributed by atoms with Gasteiger partial charge in [0.25, 0.3) is 0 Å². The first-order valence-electron chi connectivity index (χ1n) is 20.3. The highest BCUT2D eigenvalue weighted by Crippen LogP contribution is 2.31. The molecule has 5 aromatic rings. The highest BCUT2D eigenvalue weighted by Gasteiger charge is 2.41. The molecule has 3 aliphatic rings. The van der Waals surface area contributed by atoms with Gasteiger partial charge in [-0.05, 0) is 117 Å². The summed E-state index contributed by atoms with van der Waals surface area (Å²) >= 11 is 6.36.